The Morgan fingerprint density at radius 1 is 0.263 bits per heavy atom. The minimum Gasteiger partial charge on any atom is -0.468 e. The van der Waals surface area contributed by atoms with Crippen LogP contribution in [0.1, 0.15) is 83.5 Å². The second-order valence-corrected chi connectivity index (χ2v) is 33.7. The summed E-state index contributed by atoms with van der Waals surface area (Å²) < 4.78 is 23.4. The number of ether oxygens (including phenoxy) is 1. The van der Waals surface area contributed by atoms with Crippen molar-refractivity contribution in [1.29, 1.82) is 0 Å². The quantitative estimate of drug-likeness (QED) is 0.158. The molecule has 0 unspecified atom stereocenters. The molecule has 1 N–H and O–H groups in total. The SMILES string of the molecule is Cc1cc(C)c(-c2cc3c4c(c2)N(c2ccccc2)c2c(oc5ccccc25)B4c2cc4c(cc2N3)N(c2c(C)cc(C)cc2C)c2cc(-c3c(C)cc(C)cc3C)cc3c2B4c2cc4c(cc2O3)N(c2c(C)cc(C)cc2C)c2cc(-c3c(C)cc(C)cc3C)cc3c2B4c2oc4ccccc4c2N3c2ccccc2)c(C)c1. The average Bonchev–Trinajstić information content (AvgIpc) is 1.16. The minimum atomic E-state index is -0.385. The standard InChI is InChI=1S/C103H84B3N5O3/c1-54-34-59(6)92(60(7)35-54)69-44-81-95-84(45-69)108(72-26-18-16-19-27-72)100-74-30-22-24-32-88(74)113-102(100)105(95)76-50-77-82(52-80(76)107-81)110(98-65(12)40-57(4)41-66(98)13)87-48-71(94-63(10)38-56(3)39-64(94)11)49-91-97(87)104(77)79-51-78-83(53-90(79)112-91)111(99-67(14)42-58(5)43-68(99)15)86-47-70(93-61(8)36-55(2)37-62(93)9)46-85-96(86)106(78)103-101(75-31-23-25-33-89(75)114-103)109(85)73-28-20-17-21-29-73/h16-53,107H,1-15H3. The number of benzene rings is 14. The fraction of sp³-hybridized carbons (Fsp3) is 0.146. The molecule has 0 fully saturated rings. The summed E-state index contributed by atoms with van der Waals surface area (Å²) in [5.41, 5.74) is 52.2. The van der Waals surface area contributed by atoms with E-state index in [1.165, 1.54) is 117 Å². The Morgan fingerprint density at radius 2 is 0.632 bits per heavy atom. The van der Waals surface area contributed by atoms with Crippen LogP contribution < -0.4 is 79.2 Å². The summed E-state index contributed by atoms with van der Waals surface area (Å²) in [6, 6.07) is 87.6. The maximum absolute atomic E-state index is 8.13. The monoisotopic (exact) mass is 1470 g/mol. The predicted octanol–water partition coefficient (Wildman–Crippen LogP) is 21.7. The highest BCUT2D eigenvalue weighted by Gasteiger charge is 2.53. The highest BCUT2D eigenvalue weighted by atomic mass is 16.5. The van der Waals surface area contributed by atoms with Crippen molar-refractivity contribution in [3.63, 3.8) is 0 Å². The van der Waals surface area contributed by atoms with Gasteiger partial charge in [-0.1, -0.05) is 161 Å². The van der Waals surface area contributed by atoms with Gasteiger partial charge < -0.3 is 38.5 Å². The largest absolute Gasteiger partial charge is 0.468 e. The molecule has 6 aliphatic rings. The van der Waals surface area contributed by atoms with Crippen molar-refractivity contribution in [3.05, 3.63) is 314 Å². The molecule has 0 saturated heterocycles. The maximum atomic E-state index is 8.13. The molecule has 0 bridgehead atoms. The molecule has 0 aliphatic carbocycles. The molecule has 22 rings (SSSR count). The van der Waals surface area contributed by atoms with E-state index in [2.05, 4.69) is 359 Å². The Kier molecular flexibility index (Phi) is 14.7. The molecule has 8 heterocycles. The molecule has 0 radical (unpaired) electrons. The van der Waals surface area contributed by atoms with Crippen molar-refractivity contribution in [2.45, 2.75) is 104 Å². The molecule has 0 amide bonds. The van der Waals surface area contributed by atoms with Gasteiger partial charge in [-0.3, -0.25) is 0 Å². The van der Waals surface area contributed by atoms with Gasteiger partial charge in [0.1, 0.15) is 22.7 Å². The number of nitrogens with zero attached hydrogens (tertiary/aromatic N) is 4. The topological polar surface area (TPSA) is 60.5 Å². The van der Waals surface area contributed by atoms with E-state index in [0.29, 0.717) is 0 Å². The van der Waals surface area contributed by atoms with Crippen molar-refractivity contribution in [1.82, 2.24) is 0 Å². The first-order valence-electron chi connectivity index (χ1n) is 40.3. The minimum absolute atomic E-state index is 0.341. The molecule has 16 aromatic rings. The van der Waals surface area contributed by atoms with E-state index in [0.717, 1.165) is 163 Å². The van der Waals surface area contributed by atoms with E-state index in [-0.39, 0.29) is 20.1 Å². The summed E-state index contributed by atoms with van der Waals surface area (Å²) in [6.07, 6.45) is 0. The van der Waals surface area contributed by atoms with Gasteiger partial charge in [0, 0.05) is 73.7 Å². The van der Waals surface area contributed by atoms with E-state index in [4.69, 9.17) is 13.6 Å². The van der Waals surface area contributed by atoms with E-state index in [9.17, 15) is 0 Å². The molecule has 14 aromatic carbocycles. The van der Waals surface area contributed by atoms with E-state index >= 15 is 0 Å². The Hall–Kier alpha value is -12.8. The van der Waals surface area contributed by atoms with Gasteiger partial charge in [0.25, 0.3) is 20.1 Å². The number of fused-ring (bicyclic) bond motifs is 16. The van der Waals surface area contributed by atoms with Crippen molar-refractivity contribution in [2.24, 2.45) is 0 Å². The Balaban J connectivity index is 0.872. The van der Waals surface area contributed by atoms with Gasteiger partial charge in [-0.25, -0.2) is 0 Å². The van der Waals surface area contributed by atoms with Crippen molar-refractivity contribution < 1.29 is 13.6 Å². The van der Waals surface area contributed by atoms with Gasteiger partial charge in [0.2, 0.25) is 0 Å². The molecule has 0 spiro atoms. The average molecular weight is 1470 g/mol. The smallest absolute Gasteiger partial charge is 0.297 e. The molecule has 6 aliphatic heterocycles. The highest BCUT2D eigenvalue weighted by molar-refractivity contribution is 7.04. The van der Waals surface area contributed by atoms with Crippen molar-refractivity contribution in [2.75, 3.05) is 24.9 Å². The number of para-hydroxylation sites is 4. The Labute approximate surface area is 668 Å². The molecule has 2 aromatic heterocycles. The first kappa shape index (κ1) is 68.0. The zero-order chi connectivity index (χ0) is 77.6. The van der Waals surface area contributed by atoms with Gasteiger partial charge in [0.15, 0.2) is 0 Å². The second-order valence-electron chi connectivity index (χ2n) is 33.7. The lowest BCUT2D eigenvalue weighted by atomic mass is 9.30. The summed E-state index contributed by atoms with van der Waals surface area (Å²) >= 11 is 0. The van der Waals surface area contributed by atoms with E-state index in [1.807, 2.05) is 0 Å². The molecule has 11 heteroatoms. The number of aryl methyl sites for hydroxylation is 15. The second kappa shape index (κ2) is 24.6. The van der Waals surface area contributed by atoms with E-state index < -0.39 is 0 Å². The van der Waals surface area contributed by atoms with Gasteiger partial charge in [-0.2, -0.15) is 0 Å². The van der Waals surface area contributed by atoms with Crippen LogP contribution in [0, 0.1) is 104 Å². The molecular weight excluding hydrogens is 1390 g/mol. The number of anilines is 14. The zero-order valence-electron chi connectivity index (χ0n) is 67.2. The van der Waals surface area contributed by atoms with Gasteiger partial charge in [-0.15, -0.1) is 0 Å². The summed E-state index contributed by atoms with van der Waals surface area (Å²) in [7, 11) is 0. The van der Waals surface area contributed by atoms with Crippen LogP contribution in [0.3, 0.4) is 0 Å². The third-order valence-electron chi connectivity index (χ3n) is 25.6. The summed E-state index contributed by atoms with van der Waals surface area (Å²) in [6.45, 7) is 32.8. The molecule has 0 saturated carbocycles. The number of hydrogen-bond acceptors (Lipinski definition) is 8. The van der Waals surface area contributed by atoms with Crippen LogP contribution in [0.5, 0.6) is 11.5 Å². The highest BCUT2D eigenvalue weighted by Crippen LogP contribution is 2.54. The van der Waals surface area contributed by atoms with E-state index in [1.54, 1.807) is 0 Å². The van der Waals surface area contributed by atoms with Gasteiger partial charge >= 0.3 is 0 Å². The van der Waals surface area contributed by atoms with Crippen LogP contribution in [-0.2, 0) is 0 Å². The van der Waals surface area contributed by atoms with Crippen LogP contribution in [0.2, 0.25) is 0 Å². The molecule has 8 nitrogen and oxygen atoms in total. The summed E-state index contributed by atoms with van der Waals surface area (Å²) in [5.74, 6) is 1.65. The summed E-state index contributed by atoms with van der Waals surface area (Å²) in [4.78, 5) is 10.2. The third-order valence-corrected chi connectivity index (χ3v) is 25.6. The first-order valence-corrected chi connectivity index (χ1v) is 40.3. The Morgan fingerprint density at radius 3 is 1.11 bits per heavy atom. The summed E-state index contributed by atoms with van der Waals surface area (Å²) in [5, 5.41) is 6.45. The number of rotatable bonds is 7. The van der Waals surface area contributed by atoms with Crippen LogP contribution in [0.4, 0.5) is 79.6 Å². The predicted molar refractivity (Wildman–Crippen MR) is 482 cm³/mol. The zero-order valence-corrected chi connectivity index (χ0v) is 67.2. The van der Waals surface area contributed by atoms with Crippen molar-refractivity contribution in [3.8, 4) is 44.9 Å². The van der Waals surface area contributed by atoms with Crippen LogP contribution in [0.15, 0.2) is 239 Å². The lowest BCUT2D eigenvalue weighted by Crippen LogP contribution is -2.65. The van der Waals surface area contributed by atoms with Crippen LogP contribution in [0.25, 0.3) is 55.3 Å². The molecular formula is C103H84B3N5O3. The molecule has 548 valence electrons. The number of hydrogen-bond donors (Lipinski definition) is 1. The third kappa shape index (κ3) is 9.74. The number of nitrogens with one attached hydrogen (secondary N) is 1. The lowest BCUT2D eigenvalue weighted by molar-refractivity contribution is 0.488. The van der Waals surface area contributed by atoms with Crippen molar-refractivity contribution >= 4 is 171 Å². The van der Waals surface area contributed by atoms with Gasteiger partial charge in [-0.05, 0) is 322 Å². The fourth-order valence-electron chi connectivity index (χ4n) is 22.0. The first-order chi connectivity index (χ1) is 55.2. The Bertz CT molecular complexity index is 6870. The lowest BCUT2D eigenvalue weighted by Gasteiger charge is -2.45. The van der Waals surface area contributed by atoms with Crippen LogP contribution >= 0.6 is 0 Å². The van der Waals surface area contributed by atoms with Gasteiger partial charge in [0.05, 0.1) is 34.1 Å². The van der Waals surface area contributed by atoms with Crippen LogP contribution in [-0.4, -0.2) is 20.1 Å². The maximum Gasteiger partial charge on any atom is 0.297 e. The fourth-order valence-corrected chi connectivity index (χ4v) is 22.0. The molecule has 0 atom stereocenters. The number of furan rings is 2. The normalized spacial score (nSPS) is 13.6. The molecule has 114 heavy (non-hydrogen) atoms.